The summed E-state index contributed by atoms with van der Waals surface area (Å²) in [5, 5.41) is 14.5. The third kappa shape index (κ3) is 9.09. The van der Waals surface area contributed by atoms with Crippen molar-refractivity contribution in [2.45, 2.75) is 56.7 Å². The molecule has 4 N–H and O–H groups in total. The van der Waals surface area contributed by atoms with Gasteiger partial charge in [-0.1, -0.05) is 54.6 Å². The Kier molecular flexibility index (Phi) is 12.0. The summed E-state index contributed by atoms with van der Waals surface area (Å²) in [6.45, 7) is 1.37. The molecule has 2 heterocycles. The second kappa shape index (κ2) is 16.4. The fraction of sp³-hybridized carbons (Fsp3) is 0.378. The van der Waals surface area contributed by atoms with Crippen LogP contribution in [0.1, 0.15) is 54.9 Å². The molecule has 2 unspecified atom stereocenters. The molecule has 0 radical (unpaired) electrons. The Balaban J connectivity index is 1.32. The molecule has 2 aliphatic heterocycles. The van der Waals surface area contributed by atoms with Gasteiger partial charge in [0.1, 0.15) is 11.6 Å². The van der Waals surface area contributed by atoms with Crippen molar-refractivity contribution in [3.8, 4) is 5.75 Å². The third-order valence-corrected chi connectivity index (χ3v) is 9.50. The molecule has 0 aromatic heterocycles. The van der Waals surface area contributed by atoms with E-state index in [0.717, 1.165) is 35.1 Å². The fourth-order valence-electron chi connectivity index (χ4n) is 6.39. The number of piperazine rings is 1. The predicted octanol–water partition coefficient (Wildman–Crippen LogP) is 4.77. The van der Waals surface area contributed by atoms with Crippen molar-refractivity contribution in [2.24, 2.45) is 5.73 Å². The highest BCUT2D eigenvalue weighted by atomic mass is 79.9. The summed E-state index contributed by atoms with van der Waals surface area (Å²) in [7, 11) is 1.69. The smallest absolute Gasteiger partial charge is 0.251 e. The standard InChI is InChI=1S/C37H42BrFN4O5/c1-42(23-32(44)26-8-3-2-4-9-26)37(47)36-29(20-28-21-43(22-31(36)41-28)35(46)11-5-10-34(40)45)25-14-12-24(13-15-25)7-6-18-48-33-19-27(39)16-17-30(33)38/h2-4,8-9,12-17,19,28,31-32,41,44H,5-7,10-11,18,20-23H2,1H3,(H2,40,45)/t28?,31?,32-/m0/s1. The monoisotopic (exact) mass is 720 g/mol. The summed E-state index contributed by atoms with van der Waals surface area (Å²) in [6, 6.07) is 21.3. The number of hydrogen-bond acceptors (Lipinski definition) is 6. The third-order valence-electron chi connectivity index (χ3n) is 8.84. The second-order valence-electron chi connectivity index (χ2n) is 12.5. The van der Waals surface area contributed by atoms with Gasteiger partial charge in [-0.2, -0.15) is 0 Å². The minimum atomic E-state index is -0.853. The number of aryl methyl sites for hydroxylation is 1. The number of carbonyl (C=O) groups is 3. The Morgan fingerprint density at radius 1 is 1.06 bits per heavy atom. The molecule has 0 aliphatic carbocycles. The summed E-state index contributed by atoms with van der Waals surface area (Å²) >= 11 is 3.39. The molecule has 3 amide bonds. The molecule has 11 heteroatoms. The quantitative estimate of drug-likeness (QED) is 0.206. The number of aliphatic hydroxyl groups is 1. The maximum atomic E-state index is 14.2. The maximum absolute atomic E-state index is 14.2. The molecule has 1 fully saturated rings. The van der Waals surface area contributed by atoms with Gasteiger partial charge in [0.25, 0.3) is 5.91 Å². The van der Waals surface area contributed by atoms with Crippen LogP contribution in [0.2, 0.25) is 0 Å². The molecule has 9 nitrogen and oxygen atoms in total. The molecule has 48 heavy (non-hydrogen) atoms. The van der Waals surface area contributed by atoms with E-state index in [9.17, 15) is 23.9 Å². The summed E-state index contributed by atoms with van der Waals surface area (Å²) in [5.74, 6) is -0.579. The van der Waals surface area contributed by atoms with Crippen LogP contribution in [0.15, 0.2) is 82.8 Å². The van der Waals surface area contributed by atoms with Gasteiger partial charge in [-0.3, -0.25) is 14.4 Å². The first kappa shape index (κ1) is 35.3. The van der Waals surface area contributed by atoms with Gasteiger partial charge in [0.05, 0.1) is 29.8 Å². The van der Waals surface area contributed by atoms with Gasteiger partial charge in [-0.25, -0.2) is 4.39 Å². The lowest BCUT2D eigenvalue weighted by Gasteiger charge is -2.45. The number of amides is 3. The number of ether oxygens (including phenoxy) is 1. The molecule has 0 spiro atoms. The number of fused-ring (bicyclic) bond motifs is 2. The van der Waals surface area contributed by atoms with Crippen molar-refractivity contribution in [1.29, 1.82) is 0 Å². The highest BCUT2D eigenvalue weighted by Gasteiger charge is 2.40. The van der Waals surface area contributed by atoms with Crippen LogP contribution in [0.25, 0.3) is 5.57 Å². The molecule has 2 bridgehead atoms. The van der Waals surface area contributed by atoms with Crippen LogP contribution in [0, 0.1) is 5.82 Å². The van der Waals surface area contributed by atoms with Crippen LogP contribution < -0.4 is 15.8 Å². The summed E-state index contributed by atoms with van der Waals surface area (Å²) < 4.78 is 20.1. The van der Waals surface area contributed by atoms with E-state index in [1.54, 1.807) is 22.9 Å². The topological polar surface area (TPSA) is 125 Å². The van der Waals surface area contributed by atoms with E-state index in [0.29, 0.717) is 48.3 Å². The van der Waals surface area contributed by atoms with Gasteiger partial charge >= 0.3 is 0 Å². The number of primary amides is 1. The SMILES string of the molecule is CN(C[C@H](O)c1ccccc1)C(=O)C1=C(c2ccc(CCCOc3cc(F)ccc3Br)cc2)CC2CN(C(=O)CCCC(N)=O)CC1N2. The Morgan fingerprint density at radius 2 is 1.81 bits per heavy atom. The zero-order valence-corrected chi connectivity index (χ0v) is 28.6. The zero-order chi connectivity index (χ0) is 34.2. The van der Waals surface area contributed by atoms with Crippen LogP contribution in [0.4, 0.5) is 4.39 Å². The molecular weight excluding hydrogens is 679 g/mol. The second-order valence-corrected chi connectivity index (χ2v) is 13.3. The average molecular weight is 722 g/mol. The van der Waals surface area contributed by atoms with E-state index in [4.69, 9.17) is 10.5 Å². The lowest BCUT2D eigenvalue weighted by atomic mass is 9.82. The van der Waals surface area contributed by atoms with Gasteiger partial charge in [0.15, 0.2) is 0 Å². The number of carbonyl (C=O) groups excluding carboxylic acids is 3. The number of nitrogens with two attached hydrogens (primary N) is 1. The van der Waals surface area contributed by atoms with Gasteiger partial charge in [0.2, 0.25) is 11.8 Å². The molecule has 5 rings (SSSR count). The molecule has 3 aromatic rings. The van der Waals surface area contributed by atoms with Gasteiger partial charge in [0, 0.05) is 50.7 Å². The number of rotatable bonds is 14. The Labute approximate surface area is 289 Å². The molecule has 254 valence electrons. The van der Waals surface area contributed by atoms with Crippen molar-refractivity contribution in [3.05, 3.63) is 105 Å². The summed E-state index contributed by atoms with van der Waals surface area (Å²) in [4.78, 5) is 41.8. The van der Waals surface area contributed by atoms with Gasteiger partial charge in [-0.15, -0.1) is 0 Å². The first-order chi connectivity index (χ1) is 23.1. The molecule has 3 atom stereocenters. The van der Waals surface area contributed by atoms with E-state index in [1.807, 2.05) is 42.5 Å². The Bertz CT molecular complexity index is 1630. The highest BCUT2D eigenvalue weighted by molar-refractivity contribution is 9.10. The van der Waals surface area contributed by atoms with Gasteiger partial charge in [-0.05, 0) is 76.0 Å². The molecule has 3 aromatic carbocycles. The minimum Gasteiger partial charge on any atom is -0.492 e. The number of nitrogens with zero attached hydrogens (tertiary/aromatic N) is 2. The van der Waals surface area contributed by atoms with E-state index in [2.05, 4.69) is 33.4 Å². The van der Waals surface area contributed by atoms with Crippen LogP contribution in [0.5, 0.6) is 5.75 Å². The molecule has 2 aliphatic rings. The predicted molar refractivity (Wildman–Crippen MR) is 185 cm³/mol. The van der Waals surface area contributed by atoms with Crippen molar-refractivity contribution in [1.82, 2.24) is 15.1 Å². The molecular formula is C37H42BrFN4O5. The maximum Gasteiger partial charge on any atom is 0.251 e. The molecule has 0 saturated carbocycles. The lowest BCUT2D eigenvalue weighted by molar-refractivity contribution is -0.134. The Hall–Kier alpha value is -4.06. The van der Waals surface area contributed by atoms with Crippen molar-refractivity contribution in [2.75, 3.05) is 33.3 Å². The zero-order valence-electron chi connectivity index (χ0n) is 27.0. The van der Waals surface area contributed by atoms with Crippen molar-refractivity contribution in [3.63, 3.8) is 0 Å². The Morgan fingerprint density at radius 3 is 2.54 bits per heavy atom. The van der Waals surface area contributed by atoms with E-state index < -0.39 is 18.1 Å². The van der Waals surface area contributed by atoms with Crippen LogP contribution >= 0.6 is 15.9 Å². The first-order valence-electron chi connectivity index (χ1n) is 16.3. The van der Waals surface area contributed by atoms with E-state index in [-0.39, 0.29) is 43.1 Å². The molecule has 1 saturated heterocycles. The fourth-order valence-corrected chi connectivity index (χ4v) is 6.75. The first-order valence-corrected chi connectivity index (χ1v) is 17.1. The van der Waals surface area contributed by atoms with E-state index in [1.165, 1.54) is 12.1 Å². The minimum absolute atomic E-state index is 0.0467. The number of nitrogens with one attached hydrogen (secondary N) is 1. The van der Waals surface area contributed by atoms with Crippen molar-refractivity contribution < 1.29 is 28.6 Å². The number of halogens is 2. The number of benzene rings is 3. The normalized spacial score (nSPS) is 18.0. The van der Waals surface area contributed by atoms with Crippen LogP contribution in [-0.2, 0) is 20.8 Å². The largest absolute Gasteiger partial charge is 0.492 e. The average Bonchev–Trinajstić information content (AvgIpc) is 3.08. The van der Waals surface area contributed by atoms with Crippen LogP contribution in [0.3, 0.4) is 0 Å². The lowest BCUT2D eigenvalue weighted by Crippen LogP contribution is -2.62. The van der Waals surface area contributed by atoms with E-state index >= 15 is 0 Å². The van der Waals surface area contributed by atoms with Crippen LogP contribution in [-0.4, -0.2) is 78.0 Å². The highest BCUT2D eigenvalue weighted by Crippen LogP contribution is 2.35. The number of likely N-dealkylation sites (N-methyl/N-ethyl adjacent to an activating group) is 1. The van der Waals surface area contributed by atoms with Crippen molar-refractivity contribution >= 4 is 39.2 Å². The van der Waals surface area contributed by atoms with Gasteiger partial charge < -0.3 is 30.7 Å². The summed E-state index contributed by atoms with van der Waals surface area (Å²) in [6.07, 6.45) is 1.96. The number of aliphatic hydroxyl groups excluding tert-OH is 1. The summed E-state index contributed by atoms with van der Waals surface area (Å²) in [5.41, 5.74) is 9.56. The number of hydrogen-bond donors (Lipinski definition) is 3.